The summed E-state index contributed by atoms with van der Waals surface area (Å²) < 4.78 is 51.5. The molecule has 0 aliphatic heterocycles. The molecule has 2 rings (SSSR count). The number of benzene rings is 2. The van der Waals surface area contributed by atoms with E-state index in [9.17, 15) is 27.2 Å². The second-order valence-corrected chi connectivity index (χ2v) is 4.85. The number of anilines is 2. The number of hydrogen-bond donors (Lipinski definition) is 2. The van der Waals surface area contributed by atoms with Gasteiger partial charge in [-0.15, -0.1) is 0 Å². The van der Waals surface area contributed by atoms with Gasteiger partial charge in [-0.1, -0.05) is 0 Å². The fourth-order valence-electron chi connectivity index (χ4n) is 1.82. The van der Waals surface area contributed by atoms with Gasteiger partial charge in [0.1, 0.15) is 0 Å². The first-order chi connectivity index (χ1) is 11.3. The zero-order chi connectivity index (χ0) is 17.7. The van der Waals surface area contributed by atoms with Crippen molar-refractivity contribution in [3.8, 4) is 0 Å². The number of halogens is 4. The summed E-state index contributed by atoms with van der Waals surface area (Å²) in [6.07, 6.45) is -0.455. The quantitative estimate of drug-likeness (QED) is 0.817. The zero-order valence-electron chi connectivity index (χ0n) is 12.2. The first kappa shape index (κ1) is 17.5. The van der Waals surface area contributed by atoms with Crippen LogP contribution in [0.2, 0.25) is 0 Å². The molecule has 8 heteroatoms. The smallest absolute Gasteiger partial charge is 0.224 e. The molecule has 0 bridgehead atoms. The van der Waals surface area contributed by atoms with Crippen molar-refractivity contribution in [3.05, 3.63) is 59.7 Å². The molecule has 126 valence electrons. The van der Waals surface area contributed by atoms with E-state index in [2.05, 4.69) is 10.6 Å². The molecule has 4 nitrogen and oxygen atoms in total. The SMILES string of the molecule is O=C(CCC(=O)Nc1ccc(F)c(F)c1)Nc1ccc(F)c(F)c1. The zero-order valence-corrected chi connectivity index (χ0v) is 12.2. The van der Waals surface area contributed by atoms with Crippen molar-refractivity contribution in [2.75, 3.05) is 10.6 Å². The average molecular weight is 340 g/mol. The lowest BCUT2D eigenvalue weighted by molar-refractivity contribution is -0.121. The molecule has 0 radical (unpaired) electrons. The summed E-state index contributed by atoms with van der Waals surface area (Å²) in [7, 11) is 0. The van der Waals surface area contributed by atoms with Crippen LogP contribution in [-0.4, -0.2) is 11.8 Å². The van der Waals surface area contributed by atoms with Gasteiger partial charge in [0.25, 0.3) is 0 Å². The monoisotopic (exact) mass is 340 g/mol. The Morgan fingerprint density at radius 1 is 0.667 bits per heavy atom. The van der Waals surface area contributed by atoms with E-state index in [0.717, 1.165) is 24.3 Å². The van der Waals surface area contributed by atoms with E-state index in [0.29, 0.717) is 0 Å². The van der Waals surface area contributed by atoms with Gasteiger partial charge in [0.2, 0.25) is 11.8 Å². The maximum atomic E-state index is 13.0. The Hall–Kier alpha value is -2.90. The van der Waals surface area contributed by atoms with Crippen molar-refractivity contribution >= 4 is 23.2 Å². The van der Waals surface area contributed by atoms with E-state index in [-0.39, 0.29) is 24.2 Å². The van der Waals surface area contributed by atoms with Crippen LogP contribution in [0.15, 0.2) is 36.4 Å². The molecule has 0 saturated carbocycles. The molecule has 0 aliphatic rings. The second-order valence-electron chi connectivity index (χ2n) is 4.85. The highest BCUT2D eigenvalue weighted by Gasteiger charge is 2.10. The predicted molar refractivity (Wildman–Crippen MR) is 79.2 cm³/mol. The van der Waals surface area contributed by atoms with Crippen LogP contribution in [-0.2, 0) is 9.59 Å². The Morgan fingerprint density at radius 3 is 1.38 bits per heavy atom. The first-order valence-corrected chi connectivity index (χ1v) is 6.85. The fraction of sp³-hybridized carbons (Fsp3) is 0.125. The lowest BCUT2D eigenvalue weighted by Crippen LogP contribution is -2.17. The normalized spacial score (nSPS) is 10.3. The van der Waals surface area contributed by atoms with Gasteiger partial charge in [0.15, 0.2) is 23.3 Å². The highest BCUT2D eigenvalue weighted by molar-refractivity contribution is 5.96. The van der Waals surface area contributed by atoms with Crippen molar-refractivity contribution in [2.24, 2.45) is 0 Å². The maximum absolute atomic E-state index is 13.0. The van der Waals surface area contributed by atoms with Gasteiger partial charge in [0, 0.05) is 36.3 Å². The van der Waals surface area contributed by atoms with Crippen LogP contribution in [0.3, 0.4) is 0 Å². The van der Waals surface area contributed by atoms with Crippen LogP contribution in [0.25, 0.3) is 0 Å². The minimum Gasteiger partial charge on any atom is -0.326 e. The number of hydrogen-bond acceptors (Lipinski definition) is 2. The van der Waals surface area contributed by atoms with Gasteiger partial charge in [-0.25, -0.2) is 17.6 Å². The third-order valence-corrected chi connectivity index (χ3v) is 2.99. The number of carbonyl (C=O) groups is 2. The molecule has 0 fully saturated rings. The van der Waals surface area contributed by atoms with Crippen molar-refractivity contribution in [3.63, 3.8) is 0 Å². The van der Waals surface area contributed by atoms with E-state index in [1.165, 1.54) is 12.1 Å². The highest BCUT2D eigenvalue weighted by atomic mass is 19.2. The summed E-state index contributed by atoms with van der Waals surface area (Å²) in [5.41, 5.74) is 0.111. The van der Waals surface area contributed by atoms with E-state index in [1.807, 2.05) is 0 Å². The van der Waals surface area contributed by atoms with Crippen LogP contribution >= 0.6 is 0 Å². The van der Waals surface area contributed by atoms with Gasteiger partial charge < -0.3 is 10.6 Å². The van der Waals surface area contributed by atoms with Crippen LogP contribution in [0, 0.1) is 23.3 Å². The summed E-state index contributed by atoms with van der Waals surface area (Å²) in [6.45, 7) is 0. The topological polar surface area (TPSA) is 58.2 Å². The largest absolute Gasteiger partial charge is 0.326 e. The summed E-state index contributed by atoms with van der Waals surface area (Å²) in [6, 6.07) is 5.71. The Labute approximate surface area is 134 Å². The molecule has 0 saturated heterocycles. The second kappa shape index (κ2) is 7.58. The van der Waals surface area contributed by atoms with E-state index < -0.39 is 35.1 Å². The summed E-state index contributed by atoms with van der Waals surface area (Å²) >= 11 is 0. The van der Waals surface area contributed by atoms with Crippen LogP contribution in [0.1, 0.15) is 12.8 Å². The molecule has 2 amide bonds. The van der Waals surface area contributed by atoms with Crippen molar-refractivity contribution < 1.29 is 27.2 Å². The number of rotatable bonds is 5. The molecule has 0 atom stereocenters. The van der Waals surface area contributed by atoms with Gasteiger partial charge in [0.05, 0.1) is 0 Å². The first-order valence-electron chi connectivity index (χ1n) is 6.85. The van der Waals surface area contributed by atoms with Gasteiger partial charge in [-0.2, -0.15) is 0 Å². The minimum atomic E-state index is -1.11. The molecule has 0 heterocycles. The Morgan fingerprint density at radius 2 is 1.04 bits per heavy atom. The molecule has 2 N–H and O–H groups in total. The lowest BCUT2D eigenvalue weighted by Gasteiger charge is -2.07. The van der Waals surface area contributed by atoms with Crippen molar-refractivity contribution in [2.45, 2.75) is 12.8 Å². The molecule has 0 spiro atoms. The third kappa shape index (κ3) is 4.80. The van der Waals surface area contributed by atoms with Gasteiger partial charge >= 0.3 is 0 Å². The molecule has 0 aromatic heterocycles. The van der Waals surface area contributed by atoms with E-state index in [4.69, 9.17) is 0 Å². The fourth-order valence-corrected chi connectivity index (χ4v) is 1.82. The predicted octanol–water partition coefficient (Wildman–Crippen LogP) is 3.60. The van der Waals surface area contributed by atoms with E-state index in [1.54, 1.807) is 0 Å². The highest BCUT2D eigenvalue weighted by Crippen LogP contribution is 2.15. The standard InChI is InChI=1S/C16H12F4N2O2/c17-11-3-1-9(7-13(11)19)21-15(23)5-6-16(24)22-10-2-4-12(18)14(20)8-10/h1-4,7-8H,5-6H2,(H,21,23)(H,22,24). The van der Waals surface area contributed by atoms with E-state index >= 15 is 0 Å². The number of amides is 2. The lowest BCUT2D eigenvalue weighted by atomic mass is 10.2. The maximum Gasteiger partial charge on any atom is 0.224 e. The van der Waals surface area contributed by atoms with Crippen LogP contribution < -0.4 is 10.6 Å². The molecule has 2 aromatic rings. The number of nitrogens with one attached hydrogen (secondary N) is 2. The van der Waals surface area contributed by atoms with Crippen molar-refractivity contribution in [1.29, 1.82) is 0 Å². The van der Waals surface area contributed by atoms with Gasteiger partial charge in [-0.05, 0) is 24.3 Å². The molecule has 2 aromatic carbocycles. The minimum absolute atomic E-state index is 0.0555. The van der Waals surface area contributed by atoms with Gasteiger partial charge in [-0.3, -0.25) is 9.59 Å². The summed E-state index contributed by atoms with van der Waals surface area (Å²) in [5.74, 6) is -5.46. The Balaban J connectivity index is 1.83. The summed E-state index contributed by atoms with van der Waals surface area (Å²) in [5, 5.41) is 4.62. The summed E-state index contributed by atoms with van der Waals surface area (Å²) in [4.78, 5) is 23.3. The average Bonchev–Trinajstić information content (AvgIpc) is 2.53. The van der Waals surface area contributed by atoms with Crippen LogP contribution in [0.4, 0.5) is 28.9 Å². The molecule has 0 unspecified atom stereocenters. The Bertz CT molecular complexity index is 715. The molecular formula is C16H12F4N2O2. The van der Waals surface area contributed by atoms with Crippen LogP contribution in [0.5, 0.6) is 0 Å². The Kier molecular flexibility index (Phi) is 5.51. The molecule has 24 heavy (non-hydrogen) atoms. The van der Waals surface area contributed by atoms with Crippen molar-refractivity contribution in [1.82, 2.24) is 0 Å². The number of carbonyl (C=O) groups excluding carboxylic acids is 2. The third-order valence-electron chi connectivity index (χ3n) is 2.99. The molecular weight excluding hydrogens is 328 g/mol. The molecule has 0 aliphatic carbocycles.